The van der Waals surface area contributed by atoms with Crippen molar-refractivity contribution in [3.8, 4) is 12.3 Å². The minimum absolute atomic E-state index is 0.492. The molecule has 1 rings (SSSR count). The summed E-state index contributed by atoms with van der Waals surface area (Å²) < 4.78 is 0. The molecular weight excluding hydrogens is 148 g/mol. The topological polar surface area (TPSA) is 20.2 Å². The Labute approximate surface area is 75.2 Å². The molecule has 1 nitrogen and oxygen atoms in total. The first-order chi connectivity index (χ1) is 5.67. The summed E-state index contributed by atoms with van der Waals surface area (Å²) in [6, 6.07) is 0. The van der Waals surface area contributed by atoms with Gasteiger partial charge in [0.2, 0.25) is 0 Å². The first-order valence-corrected chi connectivity index (χ1v) is 4.82. The van der Waals surface area contributed by atoms with Gasteiger partial charge in [0.25, 0.3) is 0 Å². The molecule has 0 aromatic heterocycles. The summed E-state index contributed by atoms with van der Waals surface area (Å²) >= 11 is 0. The first-order valence-electron chi connectivity index (χ1n) is 4.82. The Morgan fingerprint density at radius 3 is 2.58 bits per heavy atom. The van der Waals surface area contributed by atoms with Crippen LogP contribution >= 0.6 is 0 Å². The van der Waals surface area contributed by atoms with Crippen molar-refractivity contribution in [1.82, 2.24) is 0 Å². The smallest absolute Gasteiger partial charge is 0.0656 e. The fourth-order valence-electron chi connectivity index (χ4n) is 2.08. The second kappa shape index (κ2) is 3.96. The third-order valence-corrected chi connectivity index (χ3v) is 3.01. The van der Waals surface area contributed by atoms with Crippen molar-refractivity contribution in [1.29, 1.82) is 0 Å². The van der Waals surface area contributed by atoms with Crippen molar-refractivity contribution < 1.29 is 5.11 Å². The number of rotatable bonds is 3. The molecule has 1 fully saturated rings. The SMILES string of the molecule is C#CCCC(C)(O)C1CCCC1. The molecule has 0 radical (unpaired) electrons. The highest BCUT2D eigenvalue weighted by Gasteiger charge is 2.32. The van der Waals surface area contributed by atoms with Crippen LogP contribution in [0.25, 0.3) is 0 Å². The van der Waals surface area contributed by atoms with E-state index in [0.717, 1.165) is 6.42 Å². The quantitative estimate of drug-likeness (QED) is 0.638. The number of hydrogen-bond acceptors (Lipinski definition) is 1. The molecule has 1 atom stereocenters. The summed E-state index contributed by atoms with van der Waals surface area (Å²) in [5, 5.41) is 10.0. The third kappa shape index (κ3) is 2.25. The van der Waals surface area contributed by atoms with Crippen LogP contribution in [0.15, 0.2) is 0 Å². The Bertz CT molecular complexity index is 170. The molecule has 0 aliphatic heterocycles. The van der Waals surface area contributed by atoms with E-state index in [4.69, 9.17) is 6.42 Å². The average molecular weight is 166 g/mol. The van der Waals surface area contributed by atoms with Gasteiger partial charge in [-0.25, -0.2) is 0 Å². The van der Waals surface area contributed by atoms with E-state index in [2.05, 4.69) is 5.92 Å². The number of aliphatic hydroxyl groups is 1. The van der Waals surface area contributed by atoms with Crippen LogP contribution in [0.1, 0.15) is 45.4 Å². The molecule has 0 amide bonds. The van der Waals surface area contributed by atoms with Crippen molar-refractivity contribution in [3.63, 3.8) is 0 Å². The van der Waals surface area contributed by atoms with Crippen molar-refractivity contribution >= 4 is 0 Å². The van der Waals surface area contributed by atoms with Crippen LogP contribution in [0, 0.1) is 18.3 Å². The van der Waals surface area contributed by atoms with Gasteiger partial charge < -0.3 is 5.11 Å². The fourth-order valence-corrected chi connectivity index (χ4v) is 2.08. The number of hydrogen-bond donors (Lipinski definition) is 1. The van der Waals surface area contributed by atoms with Gasteiger partial charge in [0.1, 0.15) is 0 Å². The average Bonchev–Trinajstić information content (AvgIpc) is 2.53. The molecule has 0 aromatic carbocycles. The molecule has 0 aromatic rings. The van der Waals surface area contributed by atoms with Crippen LogP contribution in [-0.4, -0.2) is 10.7 Å². The van der Waals surface area contributed by atoms with Crippen LogP contribution < -0.4 is 0 Å². The van der Waals surface area contributed by atoms with Crippen molar-refractivity contribution in [2.75, 3.05) is 0 Å². The van der Waals surface area contributed by atoms with Crippen molar-refractivity contribution in [2.45, 2.75) is 51.0 Å². The molecule has 1 heteroatoms. The Morgan fingerprint density at radius 1 is 1.50 bits per heavy atom. The highest BCUT2D eigenvalue weighted by Crippen LogP contribution is 2.36. The highest BCUT2D eigenvalue weighted by atomic mass is 16.3. The standard InChI is InChI=1S/C11H18O/c1-3-4-9-11(2,12)10-7-5-6-8-10/h1,10,12H,4-9H2,2H3. The van der Waals surface area contributed by atoms with Crippen LogP contribution in [0.3, 0.4) is 0 Å². The summed E-state index contributed by atoms with van der Waals surface area (Å²) in [6.07, 6.45) is 11.5. The predicted octanol–water partition coefficient (Wildman–Crippen LogP) is 2.34. The largest absolute Gasteiger partial charge is 0.390 e. The lowest BCUT2D eigenvalue weighted by atomic mass is 9.84. The van der Waals surface area contributed by atoms with E-state index >= 15 is 0 Å². The second-order valence-corrected chi connectivity index (χ2v) is 4.04. The molecule has 1 aliphatic carbocycles. The Hall–Kier alpha value is -0.480. The molecule has 0 bridgehead atoms. The second-order valence-electron chi connectivity index (χ2n) is 4.04. The Morgan fingerprint density at radius 2 is 2.08 bits per heavy atom. The molecule has 68 valence electrons. The normalized spacial score (nSPS) is 23.4. The summed E-state index contributed by atoms with van der Waals surface area (Å²) in [5.41, 5.74) is -0.511. The van der Waals surface area contributed by atoms with Crippen LogP contribution in [-0.2, 0) is 0 Å². The summed E-state index contributed by atoms with van der Waals surface area (Å²) in [4.78, 5) is 0. The molecule has 0 heterocycles. The summed E-state index contributed by atoms with van der Waals surface area (Å²) in [6.45, 7) is 1.93. The van der Waals surface area contributed by atoms with E-state index in [1.807, 2.05) is 6.92 Å². The van der Waals surface area contributed by atoms with E-state index in [-0.39, 0.29) is 0 Å². The van der Waals surface area contributed by atoms with Gasteiger partial charge in [-0.05, 0) is 32.1 Å². The highest BCUT2D eigenvalue weighted by molar-refractivity contribution is 4.91. The molecule has 1 aliphatic rings. The maximum Gasteiger partial charge on any atom is 0.0656 e. The molecule has 1 N–H and O–H groups in total. The molecule has 0 saturated heterocycles. The first kappa shape index (κ1) is 9.61. The van der Waals surface area contributed by atoms with Crippen LogP contribution in [0.2, 0.25) is 0 Å². The van der Waals surface area contributed by atoms with E-state index < -0.39 is 5.60 Å². The van der Waals surface area contributed by atoms with E-state index in [1.165, 1.54) is 25.7 Å². The monoisotopic (exact) mass is 166 g/mol. The maximum absolute atomic E-state index is 10.0. The summed E-state index contributed by atoms with van der Waals surface area (Å²) in [5.74, 6) is 3.08. The maximum atomic E-state index is 10.0. The molecule has 1 unspecified atom stereocenters. The van der Waals surface area contributed by atoms with Crippen molar-refractivity contribution in [2.24, 2.45) is 5.92 Å². The Kier molecular flexibility index (Phi) is 3.17. The lowest BCUT2D eigenvalue weighted by molar-refractivity contribution is -0.00494. The molecule has 0 spiro atoms. The zero-order chi connectivity index (χ0) is 9.03. The van der Waals surface area contributed by atoms with Crippen molar-refractivity contribution in [3.05, 3.63) is 0 Å². The third-order valence-electron chi connectivity index (χ3n) is 3.01. The lowest BCUT2D eigenvalue weighted by Crippen LogP contribution is -2.32. The minimum atomic E-state index is -0.511. The van der Waals surface area contributed by atoms with Gasteiger partial charge in [0, 0.05) is 6.42 Å². The summed E-state index contributed by atoms with van der Waals surface area (Å²) in [7, 11) is 0. The van der Waals surface area contributed by atoms with Gasteiger partial charge >= 0.3 is 0 Å². The van der Waals surface area contributed by atoms with Gasteiger partial charge in [0.05, 0.1) is 5.60 Å². The zero-order valence-corrected chi connectivity index (χ0v) is 7.84. The molecule has 12 heavy (non-hydrogen) atoms. The van der Waals surface area contributed by atoms with Gasteiger partial charge in [-0.3, -0.25) is 0 Å². The van der Waals surface area contributed by atoms with Gasteiger partial charge in [0.15, 0.2) is 0 Å². The van der Waals surface area contributed by atoms with E-state index in [0.29, 0.717) is 12.3 Å². The Balaban J connectivity index is 2.40. The van der Waals surface area contributed by atoms with Crippen LogP contribution in [0.4, 0.5) is 0 Å². The predicted molar refractivity (Wildman–Crippen MR) is 50.6 cm³/mol. The fraction of sp³-hybridized carbons (Fsp3) is 0.818. The van der Waals surface area contributed by atoms with Gasteiger partial charge in [-0.15, -0.1) is 12.3 Å². The van der Waals surface area contributed by atoms with E-state index in [9.17, 15) is 5.11 Å². The minimum Gasteiger partial charge on any atom is -0.390 e. The molecule has 1 saturated carbocycles. The van der Waals surface area contributed by atoms with Gasteiger partial charge in [-0.1, -0.05) is 12.8 Å². The van der Waals surface area contributed by atoms with E-state index in [1.54, 1.807) is 0 Å². The lowest BCUT2D eigenvalue weighted by Gasteiger charge is -2.29. The van der Waals surface area contributed by atoms with Gasteiger partial charge in [-0.2, -0.15) is 0 Å². The zero-order valence-electron chi connectivity index (χ0n) is 7.84. The molecular formula is C11H18O. The number of terminal acetylenes is 1. The van der Waals surface area contributed by atoms with Crippen LogP contribution in [0.5, 0.6) is 0 Å².